The van der Waals surface area contributed by atoms with E-state index in [0.29, 0.717) is 19.3 Å². The molecule has 1 aromatic heterocycles. The first-order valence-corrected chi connectivity index (χ1v) is 7.81. The summed E-state index contributed by atoms with van der Waals surface area (Å²) in [4.78, 5) is 25.3. The largest absolute Gasteiger partial charge is 0.481 e. The number of amides is 1. The molecule has 1 aliphatic rings. The molecule has 0 spiro atoms. The van der Waals surface area contributed by atoms with Gasteiger partial charge in [0, 0.05) is 22.7 Å². The highest BCUT2D eigenvalue weighted by molar-refractivity contribution is 7.12. The first kappa shape index (κ1) is 15.0. The Morgan fingerprint density at radius 1 is 1.40 bits per heavy atom. The van der Waals surface area contributed by atoms with E-state index in [2.05, 4.69) is 25.2 Å². The average Bonchev–Trinajstić information content (AvgIpc) is 3.10. The van der Waals surface area contributed by atoms with Crippen molar-refractivity contribution in [1.29, 1.82) is 0 Å². The molecule has 0 aliphatic heterocycles. The molecule has 0 radical (unpaired) electrons. The van der Waals surface area contributed by atoms with Crippen molar-refractivity contribution >= 4 is 23.2 Å². The summed E-state index contributed by atoms with van der Waals surface area (Å²) < 4.78 is 0. The van der Waals surface area contributed by atoms with E-state index in [1.807, 2.05) is 0 Å². The SMILES string of the molecule is Cc1cc(CCCC(=O)NCC2(C(=O)O)CC2)c(C)s1. The van der Waals surface area contributed by atoms with Gasteiger partial charge in [0.25, 0.3) is 0 Å². The summed E-state index contributed by atoms with van der Waals surface area (Å²) >= 11 is 1.79. The summed E-state index contributed by atoms with van der Waals surface area (Å²) in [6, 6.07) is 2.18. The summed E-state index contributed by atoms with van der Waals surface area (Å²) in [7, 11) is 0. The zero-order valence-corrected chi connectivity index (χ0v) is 12.8. The van der Waals surface area contributed by atoms with Crippen molar-refractivity contribution < 1.29 is 14.7 Å². The zero-order chi connectivity index (χ0) is 14.8. The van der Waals surface area contributed by atoms with Crippen LogP contribution in [0, 0.1) is 19.3 Å². The maximum atomic E-state index is 11.7. The number of carbonyl (C=O) groups excluding carboxylic acids is 1. The molecule has 0 atom stereocenters. The minimum atomic E-state index is -0.790. The lowest BCUT2D eigenvalue weighted by Crippen LogP contribution is -2.34. The summed E-state index contributed by atoms with van der Waals surface area (Å²) in [5.41, 5.74) is 0.654. The van der Waals surface area contributed by atoms with Crippen molar-refractivity contribution in [3.8, 4) is 0 Å². The second-order valence-electron chi connectivity index (χ2n) is 5.65. The van der Waals surface area contributed by atoms with Crippen molar-refractivity contribution in [2.45, 2.75) is 46.0 Å². The van der Waals surface area contributed by atoms with Gasteiger partial charge >= 0.3 is 5.97 Å². The highest BCUT2D eigenvalue weighted by Crippen LogP contribution is 2.45. The smallest absolute Gasteiger partial charge is 0.311 e. The molecule has 110 valence electrons. The molecule has 2 rings (SSSR count). The summed E-state index contributed by atoms with van der Waals surface area (Å²) in [5, 5.41) is 11.8. The van der Waals surface area contributed by atoms with Crippen LogP contribution in [-0.2, 0) is 16.0 Å². The first-order chi connectivity index (χ1) is 9.43. The van der Waals surface area contributed by atoms with E-state index in [1.54, 1.807) is 11.3 Å². The number of hydrogen-bond acceptors (Lipinski definition) is 3. The number of thiophene rings is 1. The number of nitrogens with one attached hydrogen (secondary N) is 1. The van der Waals surface area contributed by atoms with Crippen LogP contribution in [0.25, 0.3) is 0 Å². The second kappa shape index (κ2) is 5.95. The van der Waals surface area contributed by atoms with E-state index in [9.17, 15) is 9.59 Å². The Kier molecular flexibility index (Phi) is 4.48. The predicted molar refractivity (Wildman–Crippen MR) is 79.0 cm³/mol. The molecule has 1 amide bonds. The Bertz CT molecular complexity index is 517. The van der Waals surface area contributed by atoms with E-state index in [0.717, 1.165) is 12.8 Å². The highest BCUT2D eigenvalue weighted by atomic mass is 32.1. The van der Waals surface area contributed by atoms with Crippen LogP contribution in [0.5, 0.6) is 0 Å². The maximum Gasteiger partial charge on any atom is 0.311 e. The number of rotatable bonds is 7. The fraction of sp³-hybridized carbons (Fsp3) is 0.600. The van der Waals surface area contributed by atoms with Gasteiger partial charge in [-0.2, -0.15) is 0 Å². The Morgan fingerprint density at radius 2 is 2.10 bits per heavy atom. The van der Waals surface area contributed by atoms with Gasteiger partial charge < -0.3 is 10.4 Å². The number of aryl methyl sites for hydroxylation is 3. The molecule has 1 heterocycles. The lowest BCUT2D eigenvalue weighted by atomic mass is 10.1. The summed E-state index contributed by atoms with van der Waals surface area (Å²) in [5.74, 6) is -0.829. The maximum absolute atomic E-state index is 11.7. The van der Waals surface area contributed by atoms with E-state index in [4.69, 9.17) is 5.11 Å². The first-order valence-electron chi connectivity index (χ1n) is 6.99. The third-order valence-corrected chi connectivity index (χ3v) is 4.93. The fourth-order valence-electron chi connectivity index (χ4n) is 2.34. The van der Waals surface area contributed by atoms with Gasteiger partial charge in [-0.05, 0) is 51.2 Å². The molecule has 0 aromatic carbocycles. The fourth-order valence-corrected chi connectivity index (χ4v) is 3.32. The molecule has 0 unspecified atom stereocenters. The van der Waals surface area contributed by atoms with Crippen molar-refractivity contribution in [3.05, 3.63) is 21.4 Å². The molecule has 20 heavy (non-hydrogen) atoms. The highest BCUT2D eigenvalue weighted by Gasteiger charge is 2.50. The Balaban J connectivity index is 1.68. The van der Waals surface area contributed by atoms with Crippen LogP contribution in [0.4, 0.5) is 0 Å². The Hall–Kier alpha value is -1.36. The van der Waals surface area contributed by atoms with Gasteiger partial charge in [0.1, 0.15) is 0 Å². The summed E-state index contributed by atoms with van der Waals surface area (Å²) in [6.07, 6.45) is 3.53. The van der Waals surface area contributed by atoms with Crippen molar-refractivity contribution in [2.24, 2.45) is 5.41 Å². The van der Waals surface area contributed by atoms with Crippen LogP contribution >= 0.6 is 11.3 Å². The van der Waals surface area contributed by atoms with Crippen molar-refractivity contribution in [1.82, 2.24) is 5.32 Å². The molecule has 1 aliphatic carbocycles. The van der Waals surface area contributed by atoms with Crippen LogP contribution in [0.3, 0.4) is 0 Å². The Labute approximate surface area is 123 Å². The number of carboxylic acid groups (broad SMARTS) is 1. The van der Waals surface area contributed by atoms with Gasteiger partial charge in [0.2, 0.25) is 5.91 Å². The van der Waals surface area contributed by atoms with Gasteiger partial charge in [0.05, 0.1) is 5.41 Å². The van der Waals surface area contributed by atoms with Gasteiger partial charge in [-0.1, -0.05) is 0 Å². The van der Waals surface area contributed by atoms with E-state index < -0.39 is 11.4 Å². The van der Waals surface area contributed by atoms with Gasteiger partial charge in [-0.15, -0.1) is 11.3 Å². The molecule has 4 nitrogen and oxygen atoms in total. The van der Waals surface area contributed by atoms with Crippen LogP contribution in [0.1, 0.15) is 41.0 Å². The third kappa shape index (κ3) is 3.60. The van der Waals surface area contributed by atoms with Gasteiger partial charge in [0.15, 0.2) is 0 Å². The number of carbonyl (C=O) groups is 2. The van der Waals surface area contributed by atoms with E-state index >= 15 is 0 Å². The lowest BCUT2D eigenvalue weighted by molar-refractivity contribution is -0.143. The molecule has 0 saturated heterocycles. The number of aliphatic carboxylic acids is 1. The standard InChI is InChI=1S/C15H21NO3S/c1-10-8-12(11(2)20-10)4-3-5-13(17)16-9-15(6-7-15)14(18)19/h8H,3-7,9H2,1-2H3,(H,16,17)(H,18,19). The monoisotopic (exact) mass is 295 g/mol. The third-order valence-electron chi connectivity index (χ3n) is 3.92. The van der Waals surface area contributed by atoms with Crippen LogP contribution < -0.4 is 5.32 Å². The quantitative estimate of drug-likeness (QED) is 0.812. The molecular formula is C15H21NO3S. The minimum Gasteiger partial charge on any atom is -0.481 e. The average molecular weight is 295 g/mol. The topological polar surface area (TPSA) is 66.4 Å². The van der Waals surface area contributed by atoms with Crippen LogP contribution in [0.2, 0.25) is 0 Å². The van der Waals surface area contributed by atoms with Crippen molar-refractivity contribution in [2.75, 3.05) is 6.54 Å². The molecule has 5 heteroatoms. The lowest BCUT2D eigenvalue weighted by Gasteiger charge is -2.10. The minimum absolute atomic E-state index is 0.0397. The van der Waals surface area contributed by atoms with E-state index in [-0.39, 0.29) is 12.5 Å². The van der Waals surface area contributed by atoms with Gasteiger partial charge in [-0.3, -0.25) is 9.59 Å². The molecule has 0 bridgehead atoms. The summed E-state index contributed by atoms with van der Waals surface area (Å²) in [6.45, 7) is 4.48. The molecule has 1 aromatic rings. The molecular weight excluding hydrogens is 274 g/mol. The number of carboxylic acids is 1. The Morgan fingerprint density at radius 3 is 2.60 bits per heavy atom. The number of hydrogen-bond donors (Lipinski definition) is 2. The van der Waals surface area contributed by atoms with E-state index in [1.165, 1.54) is 15.3 Å². The second-order valence-corrected chi connectivity index (χ2v) is 7.11. The van der Waals surface area contributed by atoms with Crippen molar-refractivity contribution in [3.63, 3.8) is 0 Å². The molecule has 1 fully saturated rings. The molecule has 1 saturated carbocycles. The van der Waals surface area contributed by atoms with Gasteiger partial charge in [-0.25, -0.2) is 0 Å². The zero-order valence-electron chi connectivity index (χ0n) is 12.0. The predicted octanol–water partition coefficient (Wildman–Crippen LogP) is 2.67. The normalized spacial score (nSPS) is 15.9. The van der Waals surface area contributed by atoms with Crippen LogP contribution in [0.15, 0.2) is 6.07 Å². The molecule has 2 N–H and O–H groups in total. The van der Waals surface area contributed by atoms with Crippen LogP contribution in [-0.4, -0.2) is 23.5 Å².